The van der Waals surface area contributed by atoms with E-state index in [0.29, 0.717) is 12.0 Å². The Hall–Kier alpha value is -3.68. The molecule has 0 saturated heterocycles. The lowest BCUT2D eigenvalue weighted by Crippen LogP contribution is -2.35. The van der Waals surface area contributed by atoms with Gasteiger partial charge in [-0.25, -0.2) is 4.79 Å². The van der Waals surface area contributed by atoms with E-state index in [1.807, 2.05) is 42.5 Å². The molecule has 0 aromatic heterocycles. The Morgan fingerprint density at radius 1 is 0.667 bits per heavy atom. The van der Waals surface area contributed by atoms with Crippen molar-refractivity contribution in [2.45, 2.75) is 66.6 Å². The first-order valence-electron chi connectivity index (χ1n) is 13.4. The molecular formula is C31H40O8. The standard InChI is InChI=1S/C31H40O8/c1-20(2)38-29(33)23(6)27(31(35)39-21(3)4)19-22(5)28(32)36-17-12-18-37-30(34)26-16-11-10-15-25(26)24-13-8-7-9-14-24/h7-11,13-16,20-23,27H,12,17-19H2,1-6H3. The monoisotopic (exact) mass is 540 g/mol. The van der Waals surface area contributed by atoms with Crippen LogP contribution in [-0.4, -0.2) is 49.3 Å². The number of carbonyl (C=O) groups is 4. The largest absolute Gasteiger partial charge is 0.465 e. The zero-order chi connectivity index (χ0) is 28.9. The minimum absolute atomic E-state index is 0.0445. The Bertz CT molecular complexity index is 1090. The van der Waals surface area contributed by atoms with Crippen molar-refractivity contribution in [3.63, 3.8) is 0 Å². The molecule has 3 atom stereocenters. The van der Waals surface area contributed by atoms with Crippen molar-refractivity contribution in [2.75, 3.05) is 13.2 Å². The number of benzene rings is 2. The Labute approximate surface area is 231 Å². The lowest BCUT2D eigenvalue weighted by Gasteiger charge is -2.25. The van der Waals surface area contributed by atoms with E-state index in [0.717, 1.165) is 11.1 Å². The van der Waals surface area contributed by atoms with E-state index in [1.54, 1.807) is 53.7 Å². The number of ether oxygens (including phenoxy) is 4. The lowest BCUT2D eigenvalue weighted by molar-refractivity contribution is -0.166. The first kappa shape index (κ1) is 31.5. The molecule has 0 radical (unpaired) electrons. The summed E-state index contributed by atoms with van der Waals surface area (Å²) in [6.45, 7) is 10.2. The van der Waals surface area contributed by atoms with Crippen LogP contribution in [0.15, 0.2) is 54.6 Å². The van der Waals surface area contributed by atoms with Gasteiger partial charge in [0.2, 0.25) is 0 Å². The van der Waals surface area contributed by atoms with Crippen molar-refractivity contribution in [3.05, 3.63) is 60.2 Å². The van der Waals surface area contributed by atoms with Crippen molar-refractivity contribution < 1.29 is 38.1 Å². The molecule has 0 aliphatic rings. The molecule has 0 amide bonds. The van der Waals surface area contributed by atoms with E-state index in [9.17, 15) is 19.2 Å². The van der Waals surface area contributed by atoms with E-state index < -0.39 is 41.6 Å². The van der Waals surface area contributed by atoms with Crippen molar-refractivity contribution in [3.8, 4) is 11.1 Å². The van der Waals surface area contributed by atoms with Crippen LogP contribution in [0.5, 0.6) is 0 Å². The van der Waals surface area contributed by atoms with Gasteiger partial charge >= 0.3 is 23.9 Å². The Balaban J connectivity index is 1.87. The fourth-order valence-electron chi connectivity index (χ4n) is 3.95. The van der Waals surface area contributed by atoms with Crippen LogP contribution in [0.3, 0.4) is 0 Å². The summed E-state index contributed by atoms with van der Waals surface area (Å²) in [5, 5.41) is 0. The highest BCUT2D eigenvalue weighted by atomic mass is 16.6. The van der Waals surface area contributed by atoms with Crippen molar-refractivity contribution >= 4 is 23.9 Å². The smallest absolute Gasteiger partial charge is 0.338 e. The van der Waals surface area contributed by atoms with Gasteiger partial charge in [-0.3, -0.25) is 14.4 Å². The molecule has 0 spiro atoms. The minimum atomic E-state index is -0.855. The molecule has 0 aliphatic heterocycles. The van der Waals surface area contributed by atoms with E-state index >= 15 is 0 Å². The number of hydrogen-bond donors (Lipinski definition) is 0. The highest BCUT2D eigenvalue weighted by Gasteiger charge is 2.36. The summed E-state index contributed by atoms with van der Waals surface area (Å²) >= 11 is 0. The third kappa shape index (κ3) is 10.2. The van der Waals surface area contributed by atoms with Gasteiger partial charge in [0.1, 0.15) is 0 Å². The van der Waals surface area contributed by atoms with Gasteiger partial charge < -0.3 is 18.9 Å². The van der Waals surface area contributed by atoms with E-state index in [4.69, 9.17) is 18.9 Å². The molecule has 3 unspecified atom stereocenters. The predicted octanol–water partition coefficient (Wildman–Crippen LogP) is 5.63. The van der Waals surface area contributed by atoms with Gasteiger partial charge in [-0.1, -0.05) is 62.4 Å². The van der Waals surface area contributed by atoms with Gasteiger partial charge in [0.15, 0.2) is 0 Å². The molecule has 2 rings (SSSR count). The fraction of sp³-hybridized carbons (Fsp3) is 0.484. The van der Waals surface area contributed by atoms with Crippen LogP contribution in [0.1, 0.15) is 64.7 Å². The Kier molecular flexibility index (Phi) is 12.7. The van der Waals surface area contributed by atoms with Crippen LogP contribution >= 0.6 is 0 Å². The van der Waals surface area contributed by atoms with Crippen molar-refractivity contribution in [1.29, 1.82) is 0 Å². The SMILES string of the molecule is CC(C)OC(=O)C(C)C(CC(C)C(=O)OCCCOC(=O)c1ccccc1-c1ccccc1)C(=O)OC(C)C. The predicted molar refractivity (Wildman–Crippen MR) is 147 cm³/mol. The quantitative estimate of drug-likeness (QED) is 0.173. The molecule has 0 N–H and O–H groups in total. The fourth-order valence-corrected chi connectivity index (χ4v) is 3.95. The topological polar surface area (TPSA) is 105 Å². The summed E-state index contributed by atoms with van der Waals surface area (Å²) in [4.78, 5) is 50.5. The summed E-state index contributed by atoms with van der Waals surface area (Å²) in [6.07, 6.45) is -0.305. The van der Waals surface area contributed by atoms with Crippen LogP contribution < -0.4 is 0 Å². The maximum absolute atomic E-state index is 12.7. The first-order valence-corrected chi connectivity index (χ1v) is 13.4. The molecule has 0 bridgehead atoms. The highest BCUT2D eigenvalue weighted by molar-refractivity contribution is 5.97. The number of esters is 4. The zero-order valence-electron chi connectivity index (χ0n) is 23.7. The summed E-state index contributed by atoms with van der Waals surface area (Å²) in [7, 11) is 0. The van der Waals surface area contributed by atoms with E-state index in [2.05, 4.69) is 0 Å². The maximum atomic E-state index is 12.7. The molecule has 0 aliphatic carbocycles. The van der Waals surface area contributed by atoms with Crippen LogP contribution in [0, 0.1) is 17.8 Å². The minimum Gasteiger partial charge on any atom is -0.465 e. The molecule has 212 valence electrons. The van der Waals surface area contributed by atoms with Crippen LogP contribution in [0.25, 0.3) is 11.1 Å². The molecule has 0 fully saturated rings. The van der Waals surface area contributed by atoms with E-state index in [-0.39, 0.29) is 31.8 Å². The summed E-state index contributed by atoms with van der Waals surface area (Å²) in [6, 6.07) is 16.8. The van der Waals surface area contributed by atoms with Crippen molar-refractivity contribution in [2.24, 2.45) is 17.8 Å². The van der Waals surface area contributed by atoms with Gasteiger partial charge in [0.25, 0.3) is 0 Å². The van der Waals surface area contributed by atoms with Gasteiger partial charge in [-0.15, -0.1) is 0 Å². The Morgan fingerprint density at radius 2 is 1.23 bits per heavy atom. The number of carbonyl (C=O) groups excluding carboxylic acids is 4. The van der Waals surface area contributed by atoms with Crippen LogP contribution in [0.4, 0.5) is 0 Å². The van der Waals surface area contributed by atoms with E-state index in [1.165, 1.54) is 0 Å². The van der Waals surface area contributed by atoms with Gasteiger partial charge in [0.05, 0.1) is 48.7 Å². The third-order valence-corrected chi connectivity index (χ3v) is 5.99. The average molecular weight is 541 g/mol. The molecular weight excluding hydrogens is 500 g/mol. The summed E-state index contributed by atoms with van der Waals surface area (Å²) in [5.41, 5.74) is 2.15. The third-order valence-electron chi connectivity index (χ3n) is 5.99. The van der Waals surface area contributed by atoms with Gasteiger partial charge in [-0.05, 0) is 51.3 Å². The molecule has 2 aromatic rings. The van der Waals surface area contributed by atoms with Crippen LogP contribution in [0.2, 0.25) is 0 Å². The Morgan fingerprint density at radius 3 is 1.87 bits per heavy atom. The van der Waals surface area contributed by atoms with Crippen LogP contribution in [-0.2, 0) is 33.3 Å². The zero-order valence-corrected chi connectivity index (χ0v) is 23.7. The summed E-state index contributed by atoms with van der Waals surface area (Å²) < 4.78 is 21.4. The second-order valence-electron chi connectivity index (χ2n) is 10.1. The second-order valence-corrected chi connectivity index (χ2v) is 10.1. The number of hydrogen-bond acceptors (Lipinski definition) is 8. The molecule has 8 heteroatoms. The molecule has 0 heterocycles. The van der Waals surface area contributed by atoms with Gasteiger partial charge in [0, 0.05) is 6.42 Å². The number of rotatable bonds is 14. The normalized spacial score (nSPS) is 13.3. The molecule has 8 nitrogen and oxygen atoms in total. The summed E-state index contributed by atoms with van der Waals surface area (Å²) in [5.74, 6) is -4.35. The molecule has 2 aromatic carbocycles. The first-order chi connectivity index (χ1) is 18.5. The van der Waals surface area contributed by atoms with Crippen molar-refractivity contribution in [1.82, 2.24) is 0 Å². The average Bonchev–Trinajstić information content (AvgIpc) is 2.90. The maximum Gasteiger partial charge on any atom is 0.338 e. The molecule has 39 heavy (non-hydrogen) atoms. The second kappa shape index (κ2) is 15.7. The highest BCUT2D eigenvalue weighted by Crippen LogP contribution is 2.26. The molecule has 0 saturated carbocycles. The van der Waals surface area contributed by atoms with Gasteiger partial charge in [-0.2, -0.15) is 0 Å². The lowest BCUT2D eigenvalue weighted by atomic mass is 9.85.